The summed E-state index contributed by atoms with van der Waals surface area (Å²) in [6.45, 7) is 3.71. The number of nitrogens with zero attached hydrogens (tertiary/aromatic N) is 1. The quantitative estimate of drug-likeness (QED) is 0.747. The van der Waals surface area contributed by atoms with Crippen LogP contribution < -0.4 is 5.32 Å². The average molecular weight is 231 g/mol. The van der Waals surface area contributed by atoms with Crippen LogP contribution in [0.2, 0.25) is 0 Å². The number of alkyl halides is 1. The van der Waals surface area contributed by atoms with Gasteiger partial charge in [0.1, 0.15) is 0 Å². The third-order valence-electron chi connectivity index (χ3n) is 3.94. The molecule has 15 heavy (non-hydrogen) atoms. The summed E-state index contributed by atoms with van der Waals surface area (Å²) in [6, 6.07) is 0.589. The zero-order valence-electron chi connectivity index (χ0n) is 9.71. The Labute approximate surface area is 98.4 Å². The maximum atomic E-state index is 6.25. The van der Waals surface area contributed by atoms with E-state index in [-0.39, 0.29) is 0 Å². The molecule has 0 aromatic carbocycles. The summed E-state index contributed by atoms with van der Waals surface area (Å²) in [6.07, 6.45) is 6.49. The summed E-state index contributed by atoms with van der Waals surface area (Å²) in [7, 11) is 2.22. The Morgan fingerprint density at radius 3 is 2.53 bits per heavy atom. The Morgan fingerprint density at radius 1 is 1.20 bits per heavy atom. The second kappa shape index (κ2) is 5.51. The zero-order valence-corrected chi connectivity index (χ0v) is 10.5. The van der Waals surface area contributed by atoms with Gasteiger partial charge in [-0.2, -0.15) is 0 Å². The molecule has 1 saturated carbocycles. The van der Waals surface area contributed by atoms with Gasteiger partial charge in [-0.05, 0) is 58.3 Å². The highest BCUT2D eigenvalue weighted by atomic mass is 35.5. The van der Waals surface area contributed by atoms with Crippen LogP contribution in [-0.2, 0) is 0 Å². The van der Waals surface area contributed by atoms with Crippen LogP contribution in [0, 0.1) is 5.92 Å². The molecule has 2 fully saturated rings. The maximum absolute atomic E-state index is 6.25. The lowest BCUT2D eigenvalue weighted by Crippen LogP contribution is -2.40. The molecular weight excluding hydrogens is 208 g/mol. The molecule has 0 aromatic heterocycles. The molecule has 2 rings (SSSR count). The van der Waals surface area contributed by atoms with E-state index in [0.717, 1.165) is 5.92 Å². The minimum atomic E-state index is 0.385. The predicted octanol–water partition coefficient (Wildman–Crippen LogP) is 2.08. The Morgan fingerprint density at radius 2 is 1.93 bits per heavy atom. The van der Waals surface area contributed by atoms with Crippen molar-refractivity contribution in [1.82, 2.24) is 10.2 Å². The van der Waals surface area contributed by atoms with Gasteiger partial charge in [-0.15, -0.1) is 11.6 Å². The monoisotopic (exact) mass is 230 g/mol. The van der Waals surface area contributed by atoms with Crippen molar-refractivity contribution in [2.45, 2.75) is 43.5 Å². The number of piperidine rings is 1. The van der Waals surface area contributed by atoms with Crippen LogP contribution in [-0.4, -0.2) is 43.0 Å². The van der Waals surface area contributed by atoms with Crippen molar-refractivity contribution in [1.29, 1.82) is 0 Å². The minimum absolute atomic E-state index is 0.385. The van der Waals surface area contributed by atoms with Gasteiger partial charge < -0.3 is 10.2 Å². The highest BCUT2D eigenvalue weighted by Gasteiger charge is 2.26. The average Bonchev–Trinajstić information content (AvgIpc) is 2.63. The number of hydrogen-bond donors (Lipinski definition) is 1. The summed E-state index contributed by atoms with van der Waals surface area (Å²) in [5.41, 5.74) is 0. The van der Waals surface area contributed by atoms with E-state index in [1.54, 1.807) is 0 Å². The molecule has 2 atom stereocenters. The Bertz CT molecular complexity index is 190. The van der Waals surface area contributed by atoms with Gasteiger partial charge in [0.15, 0.2) is 0 Å². The van der Waals surface area contributed by atoms with Crippen LogP contribution in [0.3, 0.4) is 0 Å². The van der Waals surface area contributed by atoms with Gasteiger partial charge in [-0.1, -0.05) is 6.42 Å². The molecular formula is C12H23ClN2. The lowest BCUT2D eigenvalue weighted by molar-refractivity contribution is 0.213. The lowest BCUT2D eigenvalue weighted by atomic mass is 9.97. The van der Waals surface area contributed by atoms with Crippen LogP contribution in [0.1, 0.15) is 32.1 Å². The molecule has 1 saturated heterocycles. The molecule has 2 aliphatic rings. The molecule has 1 aliphatic carbocycles. The SMILES string of the molecule is CN1CCC(CNC2CCCC2Cl)CC1. The van der Waals surface area contributed by atoms with Gasteiger partial charge in [0.2, 0.25) is 0 Å². The molecule has 1 aliphatic heterocycles. The van der Waals surface area contributed by atoms with Crippen molar-refractivity contribution < 1.29 is 0 Å². The molecule has 2 nitrogen and oxygen atoms in total. The van der Waals surface area contributed by atoms with E-state index < -0.39 is 0 Å². The fraction of sp³-hybridized carbons (Fsp3) is 1.00. The van der Waals surface area contributed by atoms with Gasteiger partial charge in [0.05, 0.1) is 0 Å². The number of rotatable bonds is 3. The largest absolute Gasteiger partial charge is 0.312 e. The molecule has 0 amide bonds. The first-order valence-corrected chi connectivity index (χ1v) is 6.75. The number of hydrogen-bond acceptors (Lipinski definition) is 2. The molecule has 0 radical (unpaired) electrons. The van der Waals surface area contributed by atoms with Gasteiger partial charge in [-0.25, -0.2) is 0 Å². The second-order valence-electron chi connectivity index (χ2n) is 5.21. The fourth-order valence-electron chi connectivity index (χ4n) is 2.73. The van der Waals surface area contributed by atoms with Crippen LogP contribution in [0.4, 0.5) is 0 Å². The summed E-state index contributed by atoms with van der Waals surface area (Å²) in [5.74, 6) is 0.880. The highest BCUT2D eigenvalue weighted by molar-refractivity contribution is 6.21. The van der Waals surface area contributed by atoms with E-state index in [4.69, 9.17) is 11.6 Å². The van der Waals surface area contributed by atoms with Gasteiger partial charge >= 0.3 is 0 Å². The normalized spacial score (nSPS) is 34.8. The van der Waals surface area contributed by atoms with E-state index >= 15 is 0 Å². The topological polar surface area (TPSA) is 15.3 Å². The Balaban J connectivity index is 1.65. The van der Waals surface area contributed by atoms with E-state index in [2.05, 4.69) is 17.3 Å². The van der Waals surface area contributed by atoms with Crippen molar-refractivity contribution in [3.63, 3.8) is 0 Å². The Kier molecular flexibility index (Phi) is 4.30. The summed E-state index contributed by atoms with van der Waals surface area (Å²) in [5, 5.41) is 4.05. The van der Waals surface area contributed by atoms with E-state index in [0.29, 0.717) is 11.4 Å². The lowest BCUT2D eigenvalue weighted by Gasteiger charge is -2.30. The molecule has 0 spiro atoms. The molecule has 1 heterocycles. The van der Waals surface area contributed by atoms with Crippen LogP contribution in [0.25, 0.3) is 0 Å². The van der Waals surface area contributed by atoms with Crippen molar-refractivity contribution in [2.75, 3.05) is 26.7 Å². The smallest absolute Gasteiger partial charge is 0.0489 e. The third-order valence-corrected chi connectivity index (χ3v) is 4.46. The van der Waals surface area contributed by atoms with E-state index in [9.17, 15) is 0 Å². The third kappa shape index (κ3) is 3.33. The van der Waals surface area contributed by atoms with Crippen LogP contribution in [0.5, 0.6) is 0 Å². The first kappa shape index (κ1) is 11.7. The molecule has 1 N–H and O–H groups in total. The summed E-state index contributed by atoms with van der Waals surface area (Å²) >= 11 is 6.25. The zero-order chi connectivity index (χ0) is 10.7. The molecule has 88 valence electrons. The molecule has 0 aromatic rings. The maximum Gasteiger partial charge on any atom is 0.0489 e. The standard InChI is InChI=1S/C12H23ClN2/c1-15-7-5-10(6-8-15)9-14-12-4-2-3-11(12)13/h10-12,14H,2-9H2,1H3. The van der Waals surface area contributed by atoms with E-state index in [1.165, 1.54) is 51.7 Å². The molecule has 0 bridgehead atoms. The minimum Gasteiger partial charge on any atom is -0.312 e. The first-order valence-electron chi connectivity index (χ1n) is 6.31. The summed E-state index contributed by atoms with van der Waals surface area (Å²) < 4.78 is 0. The van der Waals surface area contributed by atoms with E-state index in [1.807, 2.05) is 0 Å². The molecule has 2 unspecified atom stereocenters. The van der Waals surface area contributed by atoms with Gasteiger partial charge in [0, 0.05) is 11.4 Å². The van der Waals surface area contributed by atoms with Crippen LogP contribution in [0.15, 0.2) is 0 Å². The first-order chi connectivity index (χ1) is 7.25. The van der Waals surface area contributed by atoms with Crippen molar-refractivity contribution in [3.8, 4) is 0 Å². The van der Waals surface area contributed by atoms with Gasteiger partial charge in [0.25, 0.3) is 0 Å². The van der Waals surface area contributed by atoms with Crippen LogP contribution >= 0.6 is 11.6 Å². The van der Waals surface area contributed by atoms with Crippen molar-refractivity contribution in [2.24, 2.45) is 5.92 Å². The Hall–Kier alpha value is 0.210. The highest BCUT2D eigenvalue weighted by Crippen LogP contribution is 2.24. The second-order valence-corrected chi connectivity index (χ2v) is 5.77. The predicted molar refractivity (Wildman–Crippen MR) is 65.5 cm³/mol. The number of nitrogens with one attached hydrogen (secondary N) is 1. The van der Waals surface area contributed by atoms with Gasteiger partial charge in [-0.3, -0.25) is 0 Å². The number of halogens is 1. The fourth-order valence-corrected chi connectivity index (χ4v) is 3.10. The summed E-state index contributed by atoms with van der Waals surface area (Å²) in [4.78, 5) is 2.43. The number of likely N-dealkylation sites (tertiary alicyclic amines) is 1. The molecule has 3 heteroatoms. The van der Waals surface area contributed by atoms with Crippen molar-refractivity contribution in [3.05, 3.63) is 0 Å². The van der Waals surface area contributed by atoms with Crippen molar-refractivity contribution >= 4 is 11.6 Å².